The highest BCUT2D eigenvalue weighted by molar-refractivity contribution is 7.14. The molecule has 1 aliphatic carbocycles. The summed E-state index contributed by atoms with van der Waals surface area (Å²) in [5.41, 5.74) is 1.90. The minimum Gasteiger partial charge on any atom is -0.477 e. The number of amides is 1. The Balaban J connectivity index is 1.41. The van der Waals surface area contributed by atoms with Crippen molar-refractivity contribution in [2.24, 2.45) is 5.92 Å². The number of nitrogens with zero attached hydrogens (tertiary/aromatic N) is 1. The molecule has 6 nitrogen and oxygen atoms in total. The maximum absolute atomic E-state index is 12.5. The lowest BCUT2D eigenvalue weighted by Crippen LogP contribution is -2.28. The van der Waals surface area contributed by atoms with Crippen molar-refractivity contribution >= 4 is 34.2 Å². The number of imidazole rings is 1. The number of benzene rings is 1. The third kappa shape index (κ3) is 3.02. The Labute approximate surface area is 147 Å². The van der Waals surface area contributed by atoms with E-state index in [-0.39, 0.29) is 28.7 Å². The van der Waals surface area contributed by atoms with Gasteiger partial charge in [-0.15, -0.1) is 11.3 Å². The minimum absolute atomic E-state index is 0.0109. The summed E-state index contributed by atoms with van der Waals surface area (Å²) in [6, 6.07) is 10.9. The summed E-state index contributed by atoms with van der Waals surface area (Å²) in [5, 5.41) is 12.0. The largest absolute Gasteiger partial charge is 0.477 e. The van der Waals surface area contributed by atoms with Crippen molar-refractivity contribution in [3.05, 3.63) is 52.0 Å². The summed E-state index contributed by atoms with van der Waals surface area (Å²) in [7, 11) is 0. The number of carboxylic acids is 1. The highest BCUT2D eigenvalue weighted by Gasteiger charge is 2.46. The van der Waals surface area contributed by atoms with Crippen molar-refractivity contribution in [1.82, 2.24) is 15.3 Å². The molecule has 0 aliphatic heterocycles. The highest BCUT2D eigenvalue weighted by atomic mass is 32.1. The molecule has 2 aromatic heterocycles. The van der Waals surface area contributed by atoms with E-state index in [0.717, 1.165) is 28.2 Å². The van der Waals surface area contributed by atoms with Gasteiger partial charge in [0, 0.05) is 16.7 Å². The molecule has 3 aromatic rings. The number of para-hydroxylation sites is 2. The topological polar surface area (TPSA) is 95.1 Å². The van der Waals surface area contributed by atoms with Gasteiger partial charge in [0.1, 0.15) is 10.7 Å². The smallest absolute Gasteiger partial charge is 0.345 e. The van der Waals surface area contributed by atoms with E-state index in [9.17, 15) is 9.59 Å². The number of aromatic amines is 1. The molecule has 0 saturated heterocycles. The van der Waals surface area contributed by atoms with Crippen molar-refractivity contribution in [3.8, 4) is 0 Å². The molecule has 1 aliphatic rings. The molecule has 0 radical (unpaired) electrons. The Morgan fingerprint density at radius 3 is 2.84 bits per heavy atom. The number of carboxylic acid groups (broad SMARTS) is 1. The summed E-state index contributed by atoms with van der Waals surface area (Å²) in [6.45, 7) is 1.87. The van der Waals surface area contributed by atoms with Gasteiger partial charge in [-0.3, -0.25) is 4.79 Å². The number of hydrogen-bond acceptors (Lipinski definition) is 4. The fourth-order valence-electron chi connectivity index (χ4n) is 3.03. The van der Waals surface area contributed by atoms with Crippen molar-refractivity contribution in [1.29, 1.82) is 0 Å². The maximum Gasteiger partial charge on any atom is 0.345 e. The van der Waals surface area contributed by atoms with Crippen molar-refractivity contribution in [2.75, 3.05) is 0 Å². The molecular formula is C18H17N3O3S. The first-order chi connectivity index (χ1) is 12.0. The van der Waals surface area contributed by atoms with Gasteiger partial charge in [-0.1, -0.05) is 12.1 Å². The average molecular weight is 355 g/mol. The van der Waals surface area contributed by atoms with Crippen LogP contribution in [0.15, 0.2) is 36.4 Å². The van der Waals surface area contributed by atoms with Crippen LogP contribution >= 0.6 is 11.3 Å². The second-order valence-electron chi connectivity index (χ2n) is 6.33. The third-order valence-corrected chi connectivity index (χ3v) is 5.77. The van der Waals surface area contributed by atoms with Gasteiger partial charge in [0.2, 0.25) is 5.91 Å². The standard InChI is InChI=1S/C18H17N3O3S/c1-9(14-6-7-15(25-14)18(23)24)19-17(22)11-8-10(11)16-20-12-4-2-3-5-13(12)21-16/h2-7,9-11H,8H2,1H3,(H,19,22)(H,20,21)(H,23,24)/t9?,10-,11-/m1/s1. The van der Waals surface area contributed by atoms with Gasteiger partial charge < -0.3 is 15.4 Å². The van der Waals surface area contributed by atoms with Crippen LogP contribution in [-0.4, -0.2) is 27.0 Å². The molecule has 128 valence electrons. The van der Waals surface area contributed by atoms with E-state index in [1.165, 1.54) is 11.3 Å². The zero-order valence-electron chi connectivity index (χ0n) is 13.5. The Morgan fingerprint density at radius 1 is 1.32 bits per heavy atom. The Hall–Kier alpha value is -2.67. The quantitative estimate of drug-likeness (QED) is 0.654. The normalized spacial score (nSPS) is 20.4. The molecule has 1 amide bonds. The molecular weight excluding hydrogens is 338 g/mol. The monoisotopic (exact) mass is 355 g/mol. The first-order valence-electron chi connectivity index (χ1n) is 8.11. The zero-order chi connectivity index (χ0) is 17.6. The molecule has 0 spiro atoms. The summed E-state index contributed by atoms with van der Waals surface area (Å²) in [4.78, 5) is 32.4. The Kier molecular flexibility index (Phi) is 3.80. The molecule has 25 heavy (non-hydrogen) atoms. The van der Waals surface area contributed by atoms with Crippen molar-refractivity contribution in [2.45, 2.75) is 25.3 Å². The molecule has 0 bridgehead atoms. The predicted octanol–water partition coefficient (Wildman–Crippen LogP) is 3.30. The van der Waals surface area contributed by atoms with Crippen LogP contribution in [0.2, 0.25) is 0 Å². The fourth-order valence-corrected chi connectivity index (χ4v) is 3.88. The zero-order valence-corrected chi connectivity index (χ0v) is 14.3. The minimum atomic E-state index is -0.943. The fraction of sp³-hybridized carbons (Fsp3) is 0.278. The van der Waals surface area contributed by atoms with Gasteiger partial charge in [0.15, 0.2) is 0 Å². The number of thiophene rings is 1. The van der Waals surface area contributed by atoms with Gasteiger partial charge in [-0.2, -0.15) is 0 Å². The summed E-state index contributed by atoms with van der Waals surface area (Å²) in [6.07, 6.45) is 0.781. The van der Waals surface area contributed by atoms with E-state index in [1.807, 2.05) is 31.2 Å². The van der Waals surface area contributed by atoms with Gasteiger partial charge >= 0.3 is 5.97 Å². The van der Waals surface area contributed by atoms with E-state index in [2.05, 4.69) is 15.3 Å². The van der Waals surface area contributed by atoms with Gasteiger partial charge in [-0.05, 0) is 37.6 Å². The van der Waals surface area contributed by atoms with Crippen LogP contribution < -0.4 is 5.32 Å². The summed E-state index contributed by atoms with van der Waals surface area (Å²) < 4.78 is 0. The van der Waals surface area contributed by atoms with Gasteiger partial charge in [-0.25, -0.2) is 9.78 Å². The second-order valence-corrected chi connectivity index (χ2v) is 7.44. The van der Waals surface area contributed by atoms with E-state index in [0.29, 0.717) is 0 Å². The number of rotatable bonds is 5. The first kappa shape index (κ1) is 15.8. The molecule has 1 unspecified atom stereocenters. The molecule has 1 aromatic carbocycles. The third-order valence-electron chi connectivity index (χ3n) is 4.51. The average Bonchev–Trinajstić information content (AvgIpc) is 3.05. The van der Waals surface area contributed by atoms with E-state index < -0.39 is 5.97 Å². The SMILES string of the molecule is CC(NC(=O)[C@@H]1C[C@H]1c1nc2ccccc2[nH]1)c1ccc(C(=O)O)s1. The summed E-state index contributed by atoms with van der Waals surface area (Å²) in [5.74, 6) is -0.0529. The number of hydrogen-bond donors (Lipinski definition) is 3. The number of aromatic carboxylic acids is 1. The number of H-pyrrole nitrogens is 1. The van der Waals surface area contributed by atoms with Crippen LogP contribution in [0, 0.1) is 5.92 Å². The lowest BCUT2D eigenvalue weighted by atomic mass is 10.2. The Morgan fingerprint density at radius 2 is 2.12 bits per heavy atom. The van der Waals surface area contributed by atoms with Crippen LogP contribution in [0.3, 0.4) is 0 Å². The number of carbonyl (C=O) groups is 2. The van der Waals surface area contributed by atoms with E-state index in [4.69, 9.17) is 5.11 Å². The van der Waals surface area contributed by atoms with Crippen LogP contribution in [0.5, 0.6) is 0 Å². The first-order valence-corrected chi connectivity index (χ1v) is 8.92. The lowest BCUT2D eigenvalue weighted by Gasteiger charge is -2.11. The van der Waals surface area contributed by atoms with Gasteiger partial charge in [0.05, 0.1) is 17.1 Å². The van der Waals surface area contributed by atoms with Crippen molar-refractivity contribution < 1.29 is 14.7 Å². The molecule has 1 fully saturated rings. The van der Waals surface area contributed by atoms with Crippen LogP contribution in [0.1, 0.15) is 45.7 Å². The number of carbonyl (C=O) groups excluding carboxylic acids is 1. The van der Waals surface area contributed by atoms with Crippen LogP contribution in [0.4, 0.5) is 0 Å². The highest BCUT2D eigenvalue weighted by Crippen LogP contribution is 2.47. The molecule has 2 heterocycles. The number of fused-ring (bicyclic) bond motifs is 1. The molecule has 3 atom stereocenters. The molecule has 7 heteroatoms. The van der Waals surface area contributed by atoms with Crippen LogP contribution in [-0.2, 0) is 4.79 Å². The maximum atomic E-state index is 12.5. The van der Waals surface area contributed by atoms with Gasteiger partial charge in [0.25, 0.3) is 0 Å². The number of nitrogens with one attached hydrogen (secondary N) is 2. The molecule has 3 N–H and O–H groups in total. The number of aromatic nitrogens is 2. The Bertz CT molecular complexity index is 928. The second kappa shape index (κ2) is 6.00. The molecule has 1 saturated carbocycles. The van der Waals surface area contributed by atoms with E-state index >= 15 is 0 Å². The molecule has 4 rings (SSSR count). The van der Waals surface area contributed by atoms with Crippen molar-refractivity contribution in [3.63, 3.8) is 0 Å². The summed E-state index contributed by atoms with van der Waals surface area (Å²) >= 11 is 1.19. The van der Waals surface area contributed by atoms with Crippen LogP contribution in [0.25, 0.3) is 11.0 Å². The van der Waals surface area contributed by atoms with E-state index in [1.54, 1.807) is 12.1 Å². The lowest BCUT2D eigenvalue weighted by molar-refractivity contribution is -0.123. The predicted molar refractivity (Wildman–Crippen MR) is 94.8 cm³/mol.